The maximum atomic E-state index is 4.43. The third-order valence-corrected chi connectivity index (χ3v) is 4.62. The van der Waals surface area contributed by atoms with E-state index < -0.39 is 0 Å². The fourth-order valence-corrected chi connectivity index (χ4v) is 3.24. The van der Waals surface area contributed by atoms with Crippen molar-refractivity contribution in [3.8, 4) is 0 Å². The second-order valence-electron chi connectivity index (χ2n) is 5.12. The molecule has 1 aliphatic carbocycles. The minimum atomic E-state index is 0.500. The molecule has 1 aromatic carbocycles. The van der Waals surface area contributed by atoms with Gasteiger partial charge in [0.1, 0.15) is 0 Å². The summed E-state index contributed by atoms with van der Waals surface area (Å²) < 4.78 is 1.15. The van der Waals surface area contributed by atoms with E-state index in [0.717, 1.165) is 23.5 Å². The predicted octanol–water partition coefficient (Wildman–Crippen LogP) is 3.98. The summed E-state index contributed by atoms with van der Waals surface area (Å²) >= 11 is 5.24. The van der Waals surface area contributed by atoms with Crippen LogP contribution in [0.2, 0.25) is 0 Å². The largest absolute Gasteiger partial charge is 0.313 e. The third-order valence-electron chi connectivity index (χ3n) is 3.49. The molecule has 3 rings (SSSR count). The summed E-state index contributed by atoms with van der Waals surface area (Å²) in [6.45, 7) is 1.04. The Labute approximate surface area is 126 Å². The van der Waals surface area contributed by atoms with Crippen LogP contribution >= 0.6 is 27.3 Å². The number of hydrogen-bond donors (Lipinski definition) is 1. The summed E-state index contributed by atoms with van der Waals surface area (Å²) in [6, 6.07) is 9.40. The minimum absolute atomic E-state index is 0.500. The van der Waals surface area contributed by atoms with E-state index in [1.54, 1.807) is 11.3 Å². The van der Waals surface area contributed by atoms with Gasteiger partial charge in [-0.25, -0.2) is 4.98 Å². The van der Waals surface area contributed by atoms with Gasteiger partial charge in [0.15, 0.2) is 0 Å². The van der Waals surface area contributed by atoms with E-state index >= 15 is 0 Å². The zero-order valence-electron chi connectivity index (χ0n) is 10.7. The summed E-state index contributed by atoms with van der Waals surface area (Å²) in [5.41, 5.74) is 4.50. The van der Waals surface area contributed by atoms with Crippen LogP contribution in [0.4, 0.5) is 0 Å². The average molecular weight is 337 g/mol. The molecule has 100 valence electrons. The van der Waals surface area contributed by atoms with E-state index in [0.29, 0.717) is 5.92 Å². The van der Waals surface area contributed by atoms with E-state index in [4.69, 9.17) is 0 Å². The molecule has 1 fully saturated rings. The smallest absolute Gasteiger partial charge is 0.0794 e. The van der Waals surface area contributed by atoms with Crippen molar-refractivity contribution in [2.45, 2.75) is 31.2 Å². The van der Waals surface area contributed by atoms with Gasteiger partial charge in [-0.2, -0.15) is 0 Å². The van der Waals surface area contributed by atoms with Crippen molar-refractivity contribution in [1.29, 1.82) is 0 Å². The van der Waals surface area contributed by atoms with Crippen molar-refractivity contribution in [3.05, 3.63) is 50.9 Å². The van der Waals surface area contributed by atoms with E-state index in [9.17, 15) is 0 Å². The van der Waals surface area contributed by atoms with E-state index in [1.165, 1.54) is 24.1 Å². The number of halogens is 1. The fourth-order valence-electron chi connectivity index (χ4n) is 2.26. The molecule has 2 nitrogen and oxygen atoms in total. The number of thiazole rings is 1. The van der Waals surface area contributed by atoms with E-state index in [1.807, 2.05) is 5.51 Å². The molecular formula is C15H17BrN2S. The first-order valence-corrected chi connectivity index (χ1v) is 8.41. The number of benzene rings is 1. The molecule has 0 amide bonds. The highest BCUT2D eigenvalue weighted by atomic mass is 79.9. The highest BCUT2D eigenvalue weighted by Crippen LogP contribution is 2.25. The molecule has 1 saturated carbocycles. The Hall–Kier alpha value is -0.710. The zero-order valence-corrected chi connectivity index (χ0v) is 13.1. The molecule has 19 heavy (non-hydrogen) atoms. The number of hydrogen-bond acceptors (Lipinski definition) is 3. The minimum Gasteiger partial charge on any atom is -0.313 e. The second kappa shape index (κ2) is 6.16. The molecule has 0 aliphatic heterocycles. The lowest BCUT2D eigenvalue weighted by molar-refractivity contribution is 0.573. The summed E-state index contributed by atoms with van der Waals surface area (Å²) in [4.78, 5) is 4.43. The highest BCUT2D eigenvalue weighted by Gasteiger charge is 2.23. The molecule has 2 aromatic rings. The standard InChI is InChI=1S/C15H17BrN2S/c16-13-3-1-2-11(6-13)12(8-17-14-4-5-14)7-15-9-19-10-18-15/h1-3,6,9-10,12,14,17H,4-5,7-8H2. The lowest BCUT2D eigenvalue weighted by Crippen LogP contribution is -2.24. The van der Waals surface area contributed by atoms with Gasteiger partial charge < -0.3 is 5.32 Å². The van der Waals surface area contributed by atoms with Crippen molar-refractivity contribution >= 4 is 27.3 Å². The molecule has 0 radical (unpaired) electrons. The number of aromatic nitrogens is 1. The monoisotopic (exact) mass is 336 g/mol. The van der Waals surface area contributed by atoms with Crippen molar-refractivity contribution in [2.24, 2.45) is 0 Å². The van der Waals surface area contributed by atoms with Gasteiger partial charge in [-0.3, -0.25) is 0 Å². The van der Waals surface area contributed by atoms with Crippen LogP contribution in [0.1, 0.15) is 30.0 Å². The molecule has 1 heterocycles. The first-order valence-electron chi connectivity index (χ1n) is 6.67. The number of rotatable bonds is 6. The van der Waals surface area contributed by atoms with Crippen LogP contribution in [0.15, 0.2) is 39.6 Å². The quantitative estimate of drug-likeness (QED) is 0.862. The molecule has 1 unspecified atom stereocenters. The van der Waals surface area contributed by atoms with Gasteiger partial charge in [-0.05, 0) is 37.0 Å². The molecule has 0 saturated heterocycles. The van der Waals surface area contributed by atoms with Gasteiger partial charge in [0.25, 0.3) is 0 Å². The molecule has 1 N–H and O–H groups in total. The van der Waals surface area contributed by atoms with Crippen molar-refractivity contribution in [2.75, 3.05) is 6.54 Å². The van der Waals surface area contributed by atoms with Crippen LogP contribution in [0, 0.1) is 0 Å². The van der Waals surface area contributed by atoms with Gasteiger partial charge in [-0.1, -0.05) is 28.1 Å². The fraction of sp³-hybridized carbons (Fsp3) is 0.400. The molecular weight excluding hydrogens is 320 g/mol. The van der Waals surface area contributed by atoms with Crippen molar-refractivity contribution < 1.29 is 0 Å². The van der Waals surface area contributed by atoms with Crippen LogP contribution in [-0.2, 0) is 6.42 Å². The number of nitrogens with one attached hydrogen (secondary N) is 1. The third kappa shape index (κ3) is 3.88. The van der Waals surface area contributed by atoms with E-state index in [2.05, 4.69) is 55.9 Å². The molecule has 1 atom stereocenters. The Morgan fingerprint density at radius 1 is 1.42 bits per heavy atom. The van der Waals surface area contributed by atoms with Crippen LogP contribution in [0.25, 0.3) is 0 Å². The Bertz CT molecular complexity index is 523. The summed E-state index contributed by atoms with van der Waals surface area (Å²) in [6.07, 6.45) is 3.68. The molecule has 0 spiro atoms. The second-order valence-corrected chi connectivity index (χ2v) is 6.75. The summed E-state index contributed by atoms with van der Waals surface area (Å²) in [7, 11) is 0. The van der Waals surface area contributed by atoms with Gasteiger partial charge >= 0.3 is 0 Å². The van der Waals surface area contributed by atoms with Gasteiger partial charge in [0.05, 0.1) is 11.2 Å². The topological polar surface area (TPSA) is 24.9 Å². The van der Waals surface area contributed by atoms with Crippen LogP contribution in [-0.4, -0.2) is 17.6 Å². The molecule has 1 aliphatic rings. The highest BCUT2D eigenvalue weighted by molar-refractivity contribution is 9.10. The number of nitrogens with zero attached hydrogens (tertiary/aromatic N) is 1. The summed E-state index contributed by atoms with van der Waals surface area (Å²) in [5, 5.41) is 5.80. The SMILES string of the molecule is Brc1cccc(C(CNC2CC2)Cc2cscn2)c1. The lowest BCUT2D eigenvalue weighted by atomic mass is 9.94. The van der Waals surface area contributed by atoms with Gasteiger partial charge in [0.2, 0.25) is 0 Å². The maximum Gasteiger partial charge on any atom is 0.0794 e. The maximum absolute atomic E-state index is 4.43. The first kappa shape index (κ1) is 13.3. The summed E-state index contributed by atoms with van der Waals surface area (Å²) in [5.74, 6) is 0.500. The Kier molecular flexibility index (Phi) is 4.31. The van der Waals surface area contributed by atoms with Crippen LogP contribution in [0.3, 0.4) is 0 Å². The Morgan fingerprint density at radius 3 is 3.00 bits per heavy atom. The predicted molar refractivity (Wildman–Crippen MR) is 83.7 cm³/mol. The van der Waals surface area contributed by atoms with Crippen LogP contribution < -0.4 is 5.32 Å². The first-order chi connectivity index (χ1) is 9.31. The van der Waals surface area contributed by atoms with Gasteiger partial charge in [-0.15, -0.1) is 11.3 Å². The Balaban J connectivity index is 1.73. The lowest BCUT2D eigenvalue weighted by Gasteiger charge is -2.17. The van der Waals surface area contributed by atoms with Crippen LogP contribution in [0.5, 0.6) is 0 Å². The van der Waals surface area contributed by atoms with Crippen molar-refractivity contribution in [3.63, 3.8) is 0 Å². The zero-order chi connectivity index (χ0) is 13.1. The molecule has 4 heteroatoms. The molecule has 0 bridgehead atoms. The Morgan fingerprint density at radius 2 is 2.32 bits per heavy atom. The van der Waals surface area contributed by atoms with Crippen molar-refractivity contribution in [1.82, 2.24) is 10.3 Å². The normalized spacial score (nSPS) is 16.5. The average Bonchev–Trinajstić information content (AvgIpc) is 3.10. The molecule has 1 aromatic heterocycles. The van der Waals surface area contributed by atoms with Gasteiger partial charge in [0, 0.05) is 28.4 Å². The van der Waals surface area contributed by atoms with E-state index in [-0.39, 0.29) is 0 Å².